The molecule has 0 unspecified atom stereocenters. The van der Waals surface area contributed by atoms with Gasteiger partial charge in [-0.2, -0.15) is 0 Å². The third-order valence-electron chi connectivity index (χ3n) is 1.73. The summed E-state index contributed by atoms with van der Waals surface area (Å²) >= 11 is 0. The lowest BCUT2D eigenvalue weighted by molar-refractivity contribution is -0.113. The molecular formula is C8H9N3O. The molecule has 0 spiro atoms. The van der Waals surface area contributed by atoms with Gasteiger partial charge in [0, 0.05) is 17.0 Å². The van der Waals surface area contributed by atoms with E-state index in [0.29, 0.717) is 12.1 Å². The summed E-state index contributed by atoms with van der Waals surface area (Å²) in [5, 5.41) is 3.42. The molecule has 1 aliphatic rings. The average molecular weight is 163 g/mol. The molecule has 0 aromatic carbocycles. The van der Waals surface area contributed by atoms with E-state index in [0.717, 1.165) is 12.0 Å². The van der Waals surface area contributed by atoms with Gasteiger partial charge in [0.2, 0.25) is 0 Å². The van der Waals surface area contributed by atoms with Crippen molar-refractivity contribution < 1.29 is 4.79 Å². The molecule has 0 fully saturated rings. The van der Waals surface area contributed by atoms with Gasteiger partial charge in [-0.1, -0.05) is 17.3 Å². The number of nitrogens with zero attached hydrogens (tertiary/aromatic N) is 3. The van der Waals surface area contributed by atoms with Gasteiger partial charge in [-0.3, -0.25) is 4.79 Å². The number of ketones is 1. The number of hydrogen-bond acceptors (Lipinski definition) is 2. The van der Waals surface area contributed by atoms with Crippen LogP contribution in [0.15, 0.2) is 28.4 Å². The Balaban J connectivity index is 2.81. The molecule has 1 rings (SSSR count). The fraction of sp³-hybridized carbons (Fsp3) is 0.375. The van der Waals surface area contributed by atoms with E-state index >= 15 is 0 Å². The number of rotatable bonds is 3. The Bertz CT molecular complexity index is 308. The fourth-order valence-corrected chi connectivity index (χ4v) is 1.18. The molecule has 4 heteroatoms. The van der Waals surface area contributed by atoms with E-state index in [4.69, 9.17) is 5.53 Å². The first-order chi connectivity index (χ1) is 5.75. The molecule has 0 saturated heterocycles. The summed E-state index contributed by atoms with van der Waals surface area (Å²) < 4.78 is 0. The SMILES string of the molecule is CC(=O)C1=C(CN=[N+]=[N-])CC=C1. The van der Waals surface area contributed by atoms with Crippen LogP contribution in [0, 0.1) is 0 Å². The Morgan fingerprint density at radius 2 is 2.58 bits per heavy atom. The van der Waals surface area contributed by atoms with Gasteiger partial charge in [0.25, 0.3) is 0 Å². The van der Waals surface area contributed by atoms with Crippen molar-refractivity contribution >= 4 is 5.78 Å². The first kappa shape index (κ1) is 8.56. The van der Waals surface area contributed by atoms with E-state index in [1.54, 1.807) is 6.08 Å². The highest BCUT2D eigenvalue weighted by molar-refractivity contribution is 5.97. The van der Waals surface area contributed by atoms with E-state index in [2.05, 4.69) is 10.0 Å². The van der Waals surface area contributed by atoms with Crippen LogP contribution >= 0.6 is 0 Å². The summed E-state index contributed by atoms with van der Waals surface area (Å²) in [5.74, 6) is 0.0342. The third kappa shape index (κ3) is 1.74. The summed E-state index contributed by atoms with van der Waals surface area (Å²) in [6.07, 6.45) is 4.41. The largest absolute Gasteiger partial charge is 0.295 e. The molecule has 0 aliphatic heterocycles. The monoisotopic (exact) mass is 163 g/mol. The molecule has 4 nitrogen and oxygen atoms in total. The van der Waals surface area contributed by atoms with Crippen LogP contribution in [0.4, 0.5) is 0 Å². The van der Waals surface area contributed by atoms with Crippen LogP contribution in [0.2, 0.25) is 0 Å². The van der Waals surface area contributed by atoms with Gasteiger partial charge in [-0.05, 0) is 24.4 Å². The Kier molecular flexibility index (Phi) is 2.66. The standard InChI is InChI=1S/C8H9N3O/c1-6(12)8-4-2-3-7(8)5-10-11-9/h2,4H,3,5H2,1H3. The normalized spacial score (nSPS) is 14.8. The Morgan fingerprint density at radius 1 is 1.83 bits per heavy atom. The van der Waals surface area contributed by atoms with Crippen molar-refractivity contribution in [2.75, 3.05) is 6.54 Å². The van der Waals surface area contributed by atoms with E-state index in [1.165, 1.54) is 6.92 Å². The van der Waals surface area contributed by atoms with Gasteiger partial charge in [-0.15, -0.1) is 0 Å². The van der Waals surface area contributed by atoms with Crippen molar-refractivity contribution in [2.24, 2.45) is 5.11 Å². The van der Waals surface area contributed by atoms with Crippen LogP contribution in [0.1, 0.15) is 13.3 Å². The second-order valence-corrected chi connectivity index (χ2v) is 2.57. The van der Waals surface area contributed by atoms with Gasteiger partial charge in [-0.25, -0.2) is 0 Å². The van der Waals surface area contributed by atoms with Gasteiger partial charge < -0.3 is 0 Å². The highest BCUT2D eigenvalue weighted by atomic mass is 16.1. The maximum absolute atomic E-state index is 11.0. The number of carbonyl (C=O) groups excluding carboxylic acids is 1. The summed E-state index contributed by atoms with van der Waals surface area (Å²) in [6, 6.07) is 0. The summed E-state index contributed by atoms with van der Waals surface area (Å²) in [7, 11) is 0. The predicted molar refractivity (Wildman–Crippen MR) is 45.5 cm³/mol. The molecule has 1 aliphatic carbocycles. The van der Waals surface area contributed by atoms with Crippen LogP contribution in [0.3, 0.4) is 0 Å². The molecule has 0 saturated carbocycles. The van der Waals surface area contributed by atoms with Crippen molar-refractivity contribution in [3.05, 3.63) is 33.7 Å². The zero-order valence-corrected chi connectivity index (χ0v) is 6.82. The summed E-state index contributed by atoms with van der Waals surface area (Å²) in [4.78, 5) is 13.6. The fourth-order valence-electron chi connectivity index (χ4n) is 1.18. The second-order valence-electron chi connectivity index (χ2n) is 2.57. The zero-order valence-electron chi connectivity index (χ0n) is 6.82. The molecular weight excluding hydrogens is 154 g/mol. The summed E-state index contributed by atoms with van der Waals surface area (Å²) in [6.45, 7) is 1.82. The number of Topliss-reactive ketones (excluding diaryl/α,β-unsaturated/α-hetero) is 1. The minimum Gasteiger partial charge on any atom is -0.295 e. The maximum atomic E-state index is 11.0. The van der Waals surface area contributed by atoms with Crippen molar-refractivity contribution in [2.45, 2.75) is 13.3 Å². The first-order valence-corrected chi connectivity index (χ1v) is 3.66. The maximum Gasteiger partial charge on any atom is 0.159 e. The molecule has 0 amide bonds. The average Bonchev–Trinajstić information content (AvgIpc) is 2.48. The minimum absolute atomic E-state index is 0.0342. The molecule has 0 N–H and O–H groups in total. The Morgan fingerprint density at radius 3 is 3.17 bits per heavy atom. The lowest BCUT2D eigenvalue weighted by Crippen LogP contribution is -1.97. The van der Waals surface area contributed by atoms with Crippen molar-refractivity contribution in [3.63, 3.8) is 0 Å². The van der Waals surface area contributed by atoms with Gasteiger partial charge in [0.05, 0.1) is 0 Å². The Labute approximate surface area is 70.2 Å². The minimum atomic E-state index is 0.0342. The molecule has 0 atom stereocenters. The quantitative estimate of drug-likeness (QED) is 0.357. The second kappa shape index (κ2) is 3.74. The van der Waals surface area contributed by atoms with Crippen molar-refractivity contribution in [1.82, 2.24) is 0 Å². The van der Waals surface area contributed by atoms with Crippen molar-refractivity contribution in [3.8, 4) is 0 Å². The molecule has 0 aromatic heterocycles. The topological polar surface area (TPSA) is 65.8 Å². The number of hydrogen-bond donors (Lipinski definition) is 0. The highest BCUT2D eigenvalue weighted by Gasteiger charge is 2.11. The zero-order chi connectivity index (χ0) is 8.97. The van der Waals surface area contributed by atoms with Crippen molar-refractivity contribution in [1.29, 1.82) is 0 Å². The van der Waals surface area contributed by atoms with E-state index in [9.17, 15) is 4.79 Å². The van der Waals surface area contributed by atoms with Gasteiger partial charge >= 0.3 is 0 Å². The lowest BCUT2D eigenvalue weighted by atomic mass is 10.1. The first-order valence-electron chi connectivity index (χ1n) is 3.66. The van der Waals surface area contributed by atoms with E-state index in [-0.39, 0.29) is 5.78 Å². The van der Waals surface area contributed by atoms with E-state index < -0.39 is 0 Å². The third-order valence-corrected chi connectivity index (χ3v) is 1.73. The predicted octanol–water partition coefficient (Wildman–Crippen LogP) is 2.14. The van der Waals surface area contributed by atoms with E-state index in [1.807, 2.05) is 6.08 Å². The lowest BCUT2D eigenvalue weighted by Gasteiger charge is -1.98. The Hall–Kier alpha value is -1.54. The van der Waals surface area contributed by atoms with Gasteiger partial charge in [0.15, 0.2) is 5.78 Å². The molecule has 62 valence electrons. The highest BCUT2D eigenvalue weighted by Crippen LogP contribution is 2.19. The number of allylic oxidation sites excluding steroid dienone is 3. The van der Waals surface area contributed by atoms with Crippen LogP contribution in [0.5, 0.6) is 0 Å². The van der Waals surface area contributed by atoms with Crippen LogP contribution in [-0.2, 0) is 4.79 Å². The number of carbonyl (C=O) groups is 1. The molecule has 0 heterocycles. The van der Waals surface area contributed by atoms with Crippen LogP contribution < -0.4 is 0 Å². The van der Waals surface area contributed by atoms with Crippen LogP contribution in [0.25, 0.3) is 10.4 Å². The molecule has 0 aromatic rings. The molecule has 0 bridgehead atoms. The summed E-state index contributed by atoms with van der Waals surface area (Å²) in [5.41, 5.74) is 9.70. The van der Waals surface area contributed by atoms with Crippen LogP contribution in [-0.4, -0.2) is 12.3 Å². The van der Waals surface area contributed by atoms with Gasteiger partial charge in [0.1, 0.15) is 0 Å². The number of azide groups is 1. The molecule has 12 heavy (non-hydrogen) atoms. The smallest absolute Gasteiger partial charge is 0.159 e. The molecule has 0 radical (unpaired) electrons.